The van der Waals surface area contributed by atoms with Crippen LogP contribution in [0.4, 0.5) is 4.79 Å². The molecule has 0 radical (unpaired) electrons. The Labute approximate surface area is 198 Å². The summed E-state index contributed by atoms with van der Waals surface area (Å²) in [6, 6.07) is 3.35. The Morgan fingerprint density at radius 1 is 1.00 bits per heavy atom. The van der Waals surface area contributed by atoms with E-state index in [-0.39, 0.29) is 30.8 Å². The van der Waals surface area contributed by atoms with Gasteiger partial charge in [-0.25, -0.2) is 4.79 Å². The number of amides is 3. The number of nitrogens with one attached hydrogen (secondary N) is 2. The predicted octanol–water partition coefficient (Wildman–Crippen LogP) is 0.0512. The van der Waals surface area contributed by atoms with Crippen molar-refractivity contribution in [3.63, 3.8) is 0 Å². The van der Waals surface area contributed by atoms with E-state index in [1.807, 2.05) is 6.07 Å². The lowest BCUT2D eigenvalue weighted by Gasteiger charge is -2.24. The number of hydrogen-bond acceptors (Lipinski definition) is 8. The van der Waals surface area contributed by atoms with Gasteiger partial charge in [0.25, 0.3) is 0 Å². The SMILES string of the molecule is CN1C(=O)C[C@H](C(=O)NCCOCCOCCOCCOCCNC(=O)O)[C@H]1c1cccnc1. The Balaban J connectivity index is 1.45. The zero-order valence-corrected chi connectivity index (χ0v) is 19.4. The number of ether oxygens (including phenoxy) is 4. The largest absolute Gasteiger partial charge is 0.465 e. The van der Waals surface area contributed by atoms with Gasteiger partial charge in [0.15, 0.2) is 0 Å². The van der Waals surface area contributed by atoms with Crippen LogP contribution < -0.4 is 10.6 Å². The molecule has 1 saturated heterocycles. The number of pyridine rings is 1. The van der Waals surface area contributed by atoms with Crippen LogP contribution in [0.1, 0.15) is 18.0 Å². The van der Waals surface area contributed by atoms with Crippen molar-refractivity contribution in [3.8, 4) is 0 Å². The number of rotatable bonds is 17. The molecule has 3 amide bonds. The normalized spacial score (nSPS) is 17.7. The summed E-state index contributed by atoms with van der Waals surface area (Å²) in [6.45, 7) is 3.63. The summed E-state index contributed by atoms with van der Waals surface area (Å²) in [7, 11) is 1.71. The maximum Gasteiger partial charge on any atom is 0.404 e. The van der Waals surface area contributed by atoms with Gasteiger partial charge in [0, 0.05) is 39.0 Å². The monoisotopic (exact) mass is 482 g/mol. The topological polar surface area (TPSA) is 149 Å². The molecule has 0 spiro atoms. The molecule has 34 heavy (non-hydrogen) atoms. The van der Waals surface area contributed by atoms with Crippen LogP contribution in [0, 0.1) is 5.92 Å². The van der Waals surface area contributed by atoms with Gasteiger partial charge in [-0.3, -0.25) is 14.6 Å². The van der Waals surface area contributed by atoms with E-state index in [2.05, 4.69) is 15.6 Å². The summed E-state index contributed by atoms with van der Waals surface area (Å²) >= 11 is 0. The Hall–Kier alpha value is -2.80. The molecule has 1 aromatic rings. The van der Waals surface area contributed by atoms with Crippen LogP contribution in [0.25, 0.3) is 0 Å². The van der Waals surface area contributed by atoms with Crippen molar-refractivity contribution in [3.05, 3.63) is 30.1 Å². The Kier molecular flexibility index (Phi) is 12.9. The molecule has 2 rings (SSSR count). The average Bonchev–Trinajstić information content (AvgIpc) is 3.13. The Bertz CT molecular complexity index is 752. The van der Waals surface area contributed by atoms with Gasteiger partial charge in [0.1, 0.15) is 0 Å². The Morgan fingerprint density at radius 2 is 1.56 bits per heavy atom. The lowest BCUT2D eigenvalue weighted by atomic mass is 9.94. The third-order valence-electron chi connectivity index (χ3n) is 5.13. The summed E-state index contributed by atoms with van der Waals surface area (Å²) in [4.78, 5) is 40.7. The number of likely N-dealkylation sites (tertiary alicyclic amines) is 1. The van der Waals surface area contributed by atoms with E-state index < -0.39 is 12.0 Å². The van der Waals surface area contributed by atoms with Crippen LogP contribution in [-0.2, 0) is 28.5 Å². The molecular formula is C22H34N4O8. The maximum absolute atomic E-state index is 12.6. The molecular weight excluding hydrogens is 448 g/mol. The number of carboxylic acid groups (broad SMARTS) is 1. The summed E-state index contributed by atoms with van der Waals surface area (Å²) in [6.07, 6.45) is 2.44. The Morgan fingerprint density at radius 3 is 2.09 bits per heavy atom. The van der Waals surface area contributed by atoms with E-state index in [4.69, 9.17) is 24.1 Å². The zero-order valence-electron chi connectivity index (χ0n) is 19.4. The van der Waals surface area contributed by atoms with Crippen molar-refractivity contribution >= 4 is 17.9 Å². The summed E-state index contributed by atoms with van der Waals surface area (Å²) in [5, 5.41) is 13.4. The molecule has 0 aromatic carbocycles. The molecule has 3 N–H and O–H groups in total. The number of carbonyl (C=O) groups excluding carboxylic acids is 2. The highest BCUT2D eigenvalue weighted by atomic mass is 16.6. The second-order valence-electron chi connectivity index (χ2n) is 7.52. The lowest BCUT2D eigenvalue weighted by molar-refractivity contribution is -0.128. The molecule has 0 bridgehead atoms. The highest BCUT2D eigenvalue weighted by Crippen LogP contribution is 2.36. The van der Waals surface area contributed by atoms with Crippen molar-refractivity contribution in [2.24, 2.45) is 5.92 Å². The quantitative estimate of drug-likeness (QED) is 0.262. The van der Waals surface area contributed by atoms with Crippen LogP contribution >= 0.6 is 0 Å². The van der Waals surface area contributed by atoms with Gasteiger partial charge in [0.2, 0.25) is 11.8 Å². The first-order valence-corrected chi connectivity index (χ1v) is 11.2. The third kappa shape index (κ3) is 10.00. The number of hydrogen-bond donors (Lipinski definition) is 3. The molecule has 0 saturated carbocycles. The molecule has 1 aliphatic rings. The second kappa shape index (κ2) is 15.9. The first-order chi connectivity index (χ1) is 16.5. The van der Waals surface area contributed by atoms with E-state index in [0.29, 0.717) is 59.4 Å². The fourth-order valence-corrected chi connectivity index (χ4v) is 3.48. The fourth-order valence-electron chi connectivity index (χ4n) is 3.48. The smallest absolute Gasteiger partial charge is 0.404 e. The van der Waals surface area contributed by atoms with Gasteiger partial charge in [-0.2, -0.15) is 0 Å². The number of carbonyl (C=O) groups is 3. The van der Waals surface area contributed by atoms with E-state index >= 15 is 0 Å². The minimum Gasteiger partial charge on any atom is -0.465 e. The molecule has 2 heterocycles. The molecule has 1 aliphatic heterocycles. The van der Waals surface area contributed by atoms with Gasteiger partial charge >= 0.3 is 6.09 Å². The number of aromatic nitrogens is 1. The highest BCUT2D eigenvalue weighted by molar-refractivity contribution is 5.90. The summed E-state index contributed by atoms with van der Waals surface area (Å²) in [5.74, 6) is -0.700. The van der Waals surface area contributed by atoms with Gasteiger partial charge in [-0.05, 0) is 11.6 Å². The molecule has 0 aliphatic carbocycles. The predicted molar refractivity (Wildman–Crippen MR) is 120 cm³/mol. The van der Waals surface area contributed by atoms with Crippen LogP contribution in [-0.4, -0.2) is 106 Å². The molecule has 190 valence electrons. The van der Waals surface area contributed by atoms with Crippen LogP contribution in [0.5, 0.6) is 0 Å². The van der Waals surface area contributed by atoms with Crippen molar-refractivity contribution in [2.75, 3.05) is 73.0 Å². The summed E-state index contributed by atoms with van der Waals surface area (Å²) < 4.78 is 21.4. The van der Waals surface area contributed by atoms with E-state index in [9.17, 15) is 14.4 Å². The molecule has 1 aromatic heterocycles. The van der Waals surface area contributed by atoms with Crippen LogP contribution in [0.2, 0.25) is 0 Å². The first kappa shape index (κ1) is 27.4. The van der Waals surface area contributed by atoms with E-state index in [0.717, 1.165) is 5.56 Å². The van der Waals surface area contributed by atoms with Crippen molar-refractivity contribution < 1.29 is 38.4 Å². The minimum atomic E-state index is -1.07. The van der Waals surface area contributed by atoms with Crippen molar-refractivity contribution in [1.29, 1.82) is 0 Å². The van der Waals surface area contributed by atoms with Crippen molar-refractivity contribution in [2.45, 2.75) is 12.5 Å². The van der Waals surface area contributed by atoms with Gasteiger partial charge in [-0.1, -0.05) is 6.07 Å². The van der Waals surface area contributed by atoms with E-state index in [1.165, 1.54) is 0 Å². The molecule has 2 atom stereocenters. The average molecular weight is 483 g/mol. The number of nitrogens with zero attached hydrogens (tertiary/aromatic N) is 2. The minimum absolute atomic E-state index is 0.0630. The van der Waals surface area contributed by atoms with Crippen LogP contribution in [0.15, 0.2) is 24.5 Å². The molecule has 0 unspecified atom stereocenters. The zero-order chi connectivity index (χ0) is 24.6. The molecule has 12 heteroatoms. The lowest BCUT2D eigenvalue weighted by Crippen LogP contribution is -2.36. The van der Waals surface area contributed by atoms with Crippen molar-refractivity contribution in [1.82, 2.24) is 20.5 Å². The van der Waals surface area contributed by atoms with Gasteiger partial charge in [0.05, 0.1) is 64.8 Å². The van der Waals surface area contributed by atoms with E-state index in [1.54, 1.807) is 30.4 Å². The highest BCUT2D eigenvalue weighted by Gasteiger charge is 2.42. The molecule has 1 fully saturated rings. The van der Waals surface area contributed by atoms with Crippen LogP contribution in [0.3, 0.4) is 0 Å². The standard InChI is InChI=1S/C22H34N4O8/c1-26-19(27)15-18(20(26)17-3-2-4-23-16-17)21(28)24-5-7-31-9-11-33-13-14-34-12-10-32-8-6-25-22(29)30/h2-4,16,18,20,25H,5-15H2,1H3,(H,24,28)(H,29,30)/t18-,20+/m0/s1. The molecule has 12 nitrogen and oxygen atoms in total. The van der Waals surface area contributed by atoms with Gasteiger partial charge < -0.3 is 39.6 Å². The first-order valence-electron chi connectivity index (χ1n) is 11.2. The maximum atomic E-state index is 12.6. The fraction of sp³-hybridized carbons (Fsp3) is 0.636. The summed E-state index contributed by atoms with van der Waals surface area (Å²) in [5.41, 5.74) is 0.842. The second-order valence-corrected chi connectivity index (χ2v) is 7.52. The van der Waals surface area contributed by atoms with Gasteiger partial charge in [-0.15, -0.1) is 0 Å². The third-order valence-corrected chi connectivity index (χ3v) is 5.13.